The normalized spacial score (nSPS) is 17.3. The number of halogens is 2. The Morgan fingerprint density at radius 1 is 1.00 bits per heavy atom. The Kier molecular flexibility index (Phi) is 6.74. The molecule has 4 amide bonds. The van der Waals surface area contributed by atoms with Gasteiger partial charge in [-0.25, -0.2) is 13.6 Å². The number of urea groups is 1. The van der Waals surface area contributed by atoms with Gasteiger partial charge in [0.05, 0.1) is 0 Å². The average molecular weight is 493 g/mol. The van der Waals surface area contributed by atoms with Crippen LogP contribution in [0.2, 0.25) is 0 Å². The Bertz CT molecular complexity index is 1300. The average Bonchev–Trinajstić information content (AvgIpc) is 3.06. The predicted molar refractivity (Wildman–Crippen MR) is 133 cm³/mol. The lowest BCUT2D eigenvalue weighted by molar-refractivity contribution is -0.134. The molecule has 1 saturated heterocycles. The van der Waals surface area contributed by atoms with Crippen LogP contribution in [-0.4, -0.2) is 35.3 Å². The van der Waals surface area contributed by atoms with E-state index in [0.717, 1.165) is 34.5 Å². The summed E-state index contributed by atoms with van der Waals surface area (Å²) in [6.07, 6.45) is 0. The smallest absolute Gasteiger partial charge is 0.325 e. The second kappa shape index (κ2) is 9.77. The van der Waals surface area contributed by atoms with Crippen LogP contribution in [0.1, 0.15) is 26.3 Å². The van der Waals surface area contributed by atoms with Gasteiger partial charge in [-0.05, 0) is 75.4 Å². The first-order chi connectivity index (χ1) is 17.1. The molecule has 0 spiro atoms. The zero-order chi connectivity index (χ0) is 26.0. The topological polar surface area (TPSA) is 81.8 Å². The van der Waals surface area contributed by atoms with Crippen LogP contribution in [0, 0.1) is 11.6 Å². The third-order valence-electron chi connectivity index (χ3n) is 6.03. The number of benzene rings is 3. The van der Waals surface area contributed by atoms with Gasteiger partial charge in [-0.1, -0.05) is 18.2 Å². The lowest BCUT2D eigenvalue weighted by Gasteiger charge is -2.29. The third-order valence-corrected chi connectivity index (χ3v) is 6.03. The number of para-hydroxylation sites is 1. The molecule has 0 saturated carbocycles. The van der Waals surface area contributed by atoms with Crippen molar-refractivity contribution in [1.29, 1.82) is 0 Å². The number of amides is 4. The van der Waals surface area contributed by atoms with E-state index < -0.39 is 41.6 Å². The summed E-state index contributed by atoms with van der Waals surface area (Å²) < 4.78 is 28.2. The van der Waals surface area contributed by atoms with Gasteiger partial charge in [0.2, 0.25) is 5.91 Å². The van der Waals surface area contributed by atoms with E-state index in [9.17, 15) is 23.2 Å². The molecule has 0 bridgehead atoms. The van der Waals surface area contributed by atoms with Gasteiger partial charge < -0.3 is 15.5 Å². The summed E-state index contributed by atoms with van der Waals surface area (Å²) >= 11 is 0. The number of hydrogen-bond acceptors (Lipinski definition) is 4. The fourth-order valence-corrected chi connectivity index (χ4v) is 4.24. The van der Waals surface area contributed by atoms with Gasteiger partial charge in [0.15, 0.2) is 0 Å². The first kappa shape index (κ1) is 24.8. The molecule has 4 rings (SSSR count). The van der Waals surface area contributed by atoms with E-state index in [4.69, 9.17) is 0 Å². The molecule has 1 aliphatic heterocycles. The van der Waals surface area contributed by atoms with Crippen LogP contribution >= 0.6 is 0 Å². The Morgan fingerprint density at radius 3 is 2.28 bits per heavy atom. The number of anilines is 3. The molecule has 1 atom stereocenters. The summed E-state index contributed by atoms with van der Waals surface area (Å²) in [6.45, 7) is 4.35. The van der Waals surface area contributed by atoms with Gasteiger partial charge in [0.1, 0.15) is 23.7 Å². The van der Waals surface area contributed by atoms with Crippen molar-refractivity contribution in [3.05, 3.63) is 90.0 Å². The molecular formula is C27H26F2N4O3. The number of nitrogens with zero attached hydrogens (tertiary/aromatic N) is 2. The molecule has 2 N–H and O–H groups in total. The molecule has 1 fully saturated rings. The van der Waals surface area contributed by atoms with Crippen LogP contribution < -0.4 is 15.5 Å². The maximum absolute atomic E-state index is 14.4. The fourth-order valence-electron chi connectivity index (χ4n) is 4.24. The van der Waals surface area contributed by atoms with E-state index in [0.29, 0.717) is 5.69 Å². The van der Waals surface area contributed by atoms with Crippen molar-refractivity contribution in [2.75, 3.05) is 16.8 Å². The second-order valence-corrected chi connectivity index (χ2v) is 8.97. The zero-order valence-electron chi connectivity index (χ0n) is 20.1. The maximum atomic E-state index is 14.4. The first-order valence-corrected chi connectivity index (χ1v) is 11.4. The molecule has 3 aromatic carbocycles. The molecule has 0 aliphatic carbocycles. The van der Waals surface area contributed by atoms with Crippen LogP contribution in [0.25, 0.3) is 0 Å². The number of hydrogen-bond donors (Lipinski definition) is 2. The number of nitrogens with one attached hydrogen (secondary N) is 2. The van der Waals surface area contributed by atoms with Crippen molar-refractivity contribution in [1.82, 2.24) is 10.2 Å². The SMILES string of the molecule is CC(C)N(C(=O)CN1C(=O)NC(C)(c2cc(F)ccc2F)C1=O)c1ccc(Nc2ccccc2)cc1. The van der Waals surface area contributed by atoms with Crippen LogP contribution in [-0.2, 0) is 15.1 Å². The van der Waals surface area contributed by atoms with Crippen molar-refractivity contribution in [3.63, 3.8) is 0 Å². The number of rotatable bonds is 7. The van der Waals surface area contributed by atoms with E-state index in [1.807, 2.05) is 56.3 Å². The van der Waals surface area contributed by atoms with Crippen molar-refractivity contribution < 1.29 is 23.2 Å². The molecule has 3 aromatic rings. The molecule has 1 heterocycles. The predicted octanol–water partition coefficient (Wildman–Crippen LogP) is 4.92. The summed E-state index contributed by atoms with van der Waals surface area (Å²) in [5.74, 6) is -2.92. The van der Waals surface area contributed by atoms with E-state index in [2.05, 4.69) is 10.6 Å². The highest BCUT2D eigenvalue weighted by atomic mass is 19.1. The quantitative estimate of drug-likeness (QED) is 0.459. The molecule has 9 heteroatoms. The number of carbonyl (C=O) groups excluding carboxylic acids is 3. The van der Waals surface area contributed by atoms with E-state index in [-0.39, 0.29) is 11.6 Å². The summed E-state index contributed by atoms with van der Waals surface area (Å²) in [5, 5.41) is 5.68. The van der Waals surface area contributed by atoms with E-state index >= 15 is 0 Å². The van der Waals surface area contributed by atoms with Crippen molar-refractivity contribution >= 4 is 34.9 Å². The molecule has 0 aromatic heterocycles. The Labute approximate surface area is 207 Å². The summed E-state index contributed by atoms with van der Waals surface area (Å²) in [4.78, 5) is 41.3. The van der Waals surface area contributed by atoms with Crippen molar-refractivity contribution in [3.8, 4) is 0 Å². The monoisotopic (exact) mass is 492 g/mol. The summed E-state index contributed by atoms with van der Waals surface area (Å²) in [7, 11) is 0. The Balaban J connectivity index is 1.53. The standard InChI is InChI=1S/C27H26F2N4O3/c1-17(2)33(21-12-10-20(11-13-21)30-19-7-5-4-6-8-19)24(34)16-32-25(35)27(3,31-26(32)36)22-15-18(28)9-14-23(22)29/h4-15,17,30H,16H2,1-3H3,(H,31,36). The van der Waals surface area contributed by atoms with Gasteiger partial charge >= 0.3 is 6.03 Å². The molecule has 1 aliphatic rings. The largest absolute Gasteiger partial charge is 0.356 e. The fraction of sp³-hybridized carbons (Fsp3) is 0.222. The highest BCUT2D eigenvalue weighted by Crippen LogP contribution is 2.31. The molecule has 0 radical (unpaired) electrons. The van der Waals surface area contributed by atoms with Crippen LogP contribution in [0.15, 0.2) is 72.8 Å². The van der Waals surface area contributed by atoms with Gasteiger partial charge in [-0.3, -0.25) is 14.5 Å². The number of carbonyl (C=O) groups is 3. The minimum absolute atomic E-state index is 0.279. The Morgan fingerprint density at radius 2 is 1.64 bits per heavy atom. The number of imide groups is 1. The van der Waals surface area contributed by atoms with Crippen molar-refractivity contribution in [2.24, 2.45) is 0 Å². The van der Waals surface area contributed by atoms with Gasteiger partial charge in [-0.2, -0.15) is 0 Å². The molecule has 186 valence electrons. The molecule has 1 unspecified atom stereocenters. The third kappa shape index (κ3) is 4.77. The summed E-state index contributed by atoms with van der Waals surface area (Å²) in [6, 6.07) is 18.3. The molecule has 7 nitrogen and oxygen atoms in total. The minimum atomic E-state index is -1.84. The van der Waals surface area contributed by atoms with Crippen LogP contribution in [0.4, 0.5) is 30.6 Å². The molecular weight excluding hydrogens is 466 g/mol. The van der Waals surface area contributed by atoms with Gasteiger partial charge in [-0.15, -0.1) is 0 Å². The lowest BCUT2D eigenvalue weighted by atomic mass is 9.91. The first-order valence-electron chi connectivity index (χ1n) is 11.4. The molecule has 36 heavy (non-hydrogen) atoms. The van der Waals surface area contributed by atoms with Gasteiger partial charge in [0, 0.05) is 28.7 Å². The zero-order valence-corrected chi connectivity index (χ0v) is 20.1. The summed E-state index contributed by atoms with van der Waals surface area (Å²) in [5.41, 5.74) is 0.177. The Hall–Kier alpha value is -4.27. The van der Waals surface area contributed by atoms with Crippen LogP contribution in [0.5, 0.6) is 0 Å². The van der Waals surface area contributed by atoms with Gasteiger partial charge in [0.25, 0.3) is 5.91 Å². The minimum Gasteiger partial charge on any atom is -0.356 e. The highest BCUT2D eigenvalue weighted by molar-refractivity contribution is 6.10. The lowest BCUT2D eigenvalue weighted by Crippen LogP contribution is -2.47. The maximum Gasteiger partial charge on any atom is 0.325 e. The highest BCUT2D eigenvalue weighted by Gasteiger charge is 2.51. The van der Waals surface area contributed by atoms with Crippen LogP contribution in [0.3, 0.4) is 0 Å². The van der Waals surface area contributed by atoms with Crippen molar-refractivity contribution in [2.45, 2.75) is 32.4 Å². The van der Waals surface area contributed by atoms with E-state index in [1.54, 1.807) is 12.1 Å². The second-order valence-electron chi connectivity index (χ2n) is 8.97. The van der Waals surface area contributed by atoms with E-state index in [1.165, 1.54) is 11.8 Å².